The van der Waals surface area contributed by atoms with Gasteiger partial charge in [-0.3, -0.25) is 4.90 Å². The molecule has 0 aliphatic carbocycles. The normalized spacial score (nSPS) is 35.9. The van der Waals surface area contributed by atoms with Gasteiger partial charge in [-0.05, 0) is 69.5 Å². The van der Waals surface area contributed by atoms with Gasteiger partial charge in [-0.15, -0.1) is 10.2 Å². The first-order valence-corrected chi connectivity index (χ1v) is 9.65. The van der Waals surface area contributed by atoms with E-state index < -0.39 is 41.2 Å². The maximum Gasteiger partial charge on any atom is 0.411 e. The summed E-state index contributed by atoms with van der Waals surface area (Å²) < 4.78 is 42.4. The van der Waals surface area contributed by atoms with Crippen LogP contribution in [0.25, 0.3) is 0 Å². The van der Waals surface area contributed by atoms with E-state index >= 15 is 8.78 Å². The number of aromatic nitrogens is 2. The molecule has 6 nitrogen and oxygen atoms in total. The molecule has 1 aromatic rings. The van der Waals surface area contributed by atoms with Crippen molar-refractivity contribution in [1.82, 2.24) is 15.1 Å². The molecule has 9 heteroatoms. The number of piperidine rings is 1. The standard InChI is InChI=1S/C18H24BrF2N3O3/c1-16(2,3)27-15(25)24-17(4)8-9-18(24,5)14(21)12(13(17)20)26-11-7-6-10(19)22-23-11/h6-7,12-14H,8-9H2,1-5H3/t12?,13-,14+,17+,18-. The van der Waals surface area contributed by atoms with E-state index in [9.17, 15) is 4.79 Å². The van der Waals surface area contributed by atoms with Crippen molar-refractivity contribution in [2.24, 2.45) is 0 Å². The zero-order valence-corrected chi connectivity index (χ0v) is 17.6. The van der Waals surface area contributed by atoms with Gasteiger partial charge in [0.25, 0.3) is 0 Å². The van der Waals surface area contributed by atoms with Gasteiger partial charge in [-0.1, -0.05) is 0 Å². The number of carbonyl (C=O) groups is 1. The molecule has 2 aliphatic heterocycles. The van der Waals surface area contributed by atoms with E-state index in [4.69, 9.17) is 9.47 Å². The number of amides is 1. The van der Waals surface area contributed by atoms with Crippen LogP contribution in [0.15, 0.2) is 16.7 Å². The van der Waals surface area contributed by atoms with E-state index in [1.807, 2.05) is 0 Å². The zero-order chi connectivity index (χ0) is 20.2. The third-order valence-electron chi connectivity index (χ3n) is 5.36. The highest BCUT2D eigenvalue weighted by Crippen LogP contribution is 2.53. The smallest absolute Gasteiger partial charge is 0.411 e. The van der Waals surface area contributed by atoms with Crippen molar-refractivity contribution in [1.29, 1.82) is 0 Å². The predicted molar refractivity (Wildman–Crippen MR) is 98.1 cm³/mol. The van der Waals surface area contributed by atoms with Crippen LogP contribution in [-0.4, -0.2) is 56.3 Å². The summed E-state index contributed by atoms with van der Waals surface area (Å²) in [5, 5.41) is 7.58. The van der Waals surface area contributed by atoms with Crippen molar-refractivity contribution in [3.63, 3.8) is 0 Å². The summed E-state index contributed by atoms with van der Waals surface area (Å²) in [4.78, 5) is 14.0. The molecule has 3 heterocycles. The van der Waals surface area contributed by atoms with Crippen LogP contribution in [-0.2, 0) is 4.74 Å². The second kappa shape index (κ2) is 6.53. The highest BCUT2D eigenvalue weighted by Gasteiger charge is 2.69. The number of nitrogens with zero attached hydrogens (tertiary/aromatic N) is 3. The molecule has 0 aromatic carbocycles. The Balaban J connectivity index is 1.92. The molecule has 0 spiro atoms. The van der Waals surface area contributed by atoms with Gasteiger partial charge in [0.05, 0.1) is 11.1 Å². The maximum atomic E-state index is 15.5. The quantitative estimate of drug-likeness (QED) is 0.678. The third-order valence-corrected chi connectivity index (χ3v) is 5.79. The molecule has 2 aliphatic rings. The van der Waals surface area contributed by atoms with Gasteiger partial charge in [0.2, 0.25) is 5.88 Å². The summed E-state index contributed by atoms with van der Waals surface area (Å²) in [5.41, 5.74) is -3.22. The van der Waals surface area contributed by atoms with Gasteiger partial charge in [-0.25, -0.2) is 13.6 Å². The minimum absolute atomic E-state index is 0.0332. The molecule has 150 valence electrons. The van der Waals surface area contributed by atoms with E-state index in [-0.39, 0.29) is 5.88 Å². The maximum absolute atomic E-state index is 15.5. The molecule has 3 rings (SSSR count). The summed E-state index contributed by atoms with van der Waals surface area (Å²) >= 11 is 3.15. The van der Waals surface area contributed by atoms with E-state index in [0.717, 1.165) is 0 Å². The van der Waals surface area contributed by atoms with Gasteiger partial charge in [0.15, 0.2) is 18.4 Å². The van der Waals surface area contributed by atoms with E-state index in [2.05, 4.69) is 26.1 Å². The van der Waals surface area contributed by atoms with Gasteiger partial charge < -0.3 is 9.47 Å². The molecule has 2 bridgehead atoms. The summed E-state index contributed by atoms with van der Waals surface area (Å²) in [6.45, 7) is 8.39. The van der Waals surface area contributed by atoms with Crippen molar-refractivity contribution in [3.8, 4) is 5.88 Å². The molecule has 5 atom stereocenters. The van der Waals surface area contributed by atoms with Crippen LogP contribution in [0.5, 0.6) is 5.88 Å². The highest BCUT2D eigenvalue weighted by atomic mass is 79.9. The summed E-state index contributed by atoms with van der Waals surface area (Å²) in [5.74, 6) is 0.0332. The molecule has 1 amide bonds. The number of halogens is 3. The molecule has 2 saturated heterocycles. The second-order valence-corrected chi connectivity index (χ2v) is 9.42. The van der Waals surface area contributed by atoms with Crippen LogP contribution in [0.4, 0.5) is 13.6 Å². The fraction of sp³-hybridized carbons (Fsp3) is 0.722. The Bertz CT molecular complexity index is 706. The fourth-order valence-corrected chi connectivity index (χ4v) is 4.25. The Hall–Kier alpha value is -1.51. The summed E-state index contributed by atoms with van der Waals surface area (Å²) in [6, 6.07) is 3.07. The molecule has 0 saturated carbocycles. The Kier molecular flexibility index (Phi) is 4.89. The van der Waals surface area contributed by atoms with Crippen molar-refractivity contribution in [3.05, 3.63) is 16.7 Å². The van der Waals surface area contributed by atoms with Crippen LogP contribution in [0, 0.1) is 0 Å². The summed E-state index contributed by atoms with van der Waals surface area (Å²) in [7, 11) is 0. The van der Waals surface area contributed by atoms with Crippen LogP contribution in [0.2, 0.25) is 0 Å². The van der Waals surface area contributed by atoms with E-state index in [1.165, 1.54) is 11.0 Å². The van der Waals surface area contributed by atoms with Gasteiger partial charge in [0, 0.05) is 6.07 Å². The molecule has 0 radical (unpaired) electrons. The van der Waals surface area contributed by atoms with Crippen molar-refractivity contribution in [2.45, 2.75) is 82.6 Å². The Morgan fingerprint density at radius 3 is 2.19 bits per heavy atom. The average Bonchev–Trinajstić information content (AvgIpc) is 2.81. The van der Waals surface area contributed by atoms with Crippen molar-refractivity contribution >= 4 is 22.0 Å². The molecule has 27 heavy (non-hydrogen) atoms. The first-order chi connectivity index (χ1) is 12.4. The zero-order valence-electron chi connectivity index (χ0n) is 16.0. The molecule has 0 N–H and O–H groups in total. The third kappa shape index (κ3) is 3.39. The van der Waals surface area contributed by atoms with Crippen LogP contribution >= 0.6 is 15.9 Å². The number of fused-ring (bicyclic) bond motifs is 2. The first-order valence-electron chi connectivity index (χ1n) is 8.86. The molecule has 1 unspecified atom stereocenters. The monoisotopic (exact) mass is 447 g/mol. The number of rotatable bonds is 2. The lowest BCUT2D eigenvalue weighted by Gasteiger charge is -2.53. The van der Waals surface area contributed by atoms with E-state index in [1.54, 1.807) is 40.7 Å². The van der Waals surface area contributed by atoms with Crippen LogP contribution in [0.1, 0.15) is 47.5 Å². The first kappa shape index (κ1) is 20.2. The summed E-state index contributed by atoms with van der Waals surface area (Å²) in [6.07, 6.45) is -4.97. The van der Waals surface area contributed by atoms with Gasteiger partial charge in [0.1, 0.15) is 10.2 Å². The topological polar surface area (TPSA) is 64.5 Å². The van der Waals surface area contributed by atoms with Gasteiger partial charge >= 0.3 is 6.09 Å². The minimum atomic E-state index is -1.75. The molecular formula is C18H24BrF2N3O3. The SMILES string of the molecule is CC(C)(C)OC(=O)N1[C@@]2(C)CC[C@]1(C)[C@@H](F)C(Oc1ccc(Br)nn1)[C@H]2F. The Morgan fingerprint density at radius 1 is 1.19 bits per heavy atom. The van der Waals surface area contributed by atoms with Crippen LogP contribution < -0.4 is 4.74 Å². The highest BCUT2D eigenvalue weighted by molar-refractivity contribution is 9.10. The number of alkyl halides is 2. The van der Waals surface area contributed by atoms with Gasteiger partial charge in [-0.2, -0.15) is 0 Å². The fourth-order valence-electron chi connectivity index (χ4n) is 4.04. The second-order valence-electron chi connectivity index (χ2n) is 8.61. The van der Waals surface area contributed by atoms with Crippen LogP contribution in [0.3, 0.4) is 0 Å². The number of hydrogen-bond acceptors (Lipinski definition) is 5. The lowest BCUT2D eigenvalue weighted by atomic mass is 9.81. The molecule has 1 aromatic heterocycles. The number of hydrogen-bond donors (Lipinski definition) is 0. The Labute approximate surface area is 165 Å². The lowest BCUT2D eigenvalue weighted by Crippen LogP contribution is -2.72. The number of carbonyl (C=O) groups excluding carboxylic acids is 1. The molecule has 2 fully saturated rings. The lowest BCUT2D eigenvalue weighted by molar-refractivity contribution is -0.141. The predicted octanol–water partition coefficient (Wildman–Crippen LogP) is 4.22. The minimum Gasteiger partial charge on any atom is -0.467 e. The molecular weight excluding hydrogens is 424 g/mol. The van der Waals surface area contributed by atoms with Crippen molar-refractivity contribution < 1.29 is 23.0 Å². The average molecular weight is 448 g/mol. The number of ether oxygens (including phenoxy) is 2. The largest absolute Gasteiger partial charge is 0.467 e. The van der Waals surface area contributed by atoms with Crippen molar-refractivity contribution in [2.75, 3.05) is 0 Å². The Morgan fingerprint density at radius 2 is 1.74 bits per heavy atom. The van der Waals surface area contributed by atoms with E-state index in [0.29, 0.717) is 17.4 Å².